The van der Waals surface area contributed by atoms with Crippen LogP contribution in [-0.4, -0.2) is 52.4 Å². The van der Waals surface area contributed by atoms with Gasteiger partial charge in [0.15, 0.2) is 16.9 Å². The van der Waals surface area contributed by atoms with E-state index in [9.17, 15) is 0 Å². The van der Waals surface area contributed by atoms with Crippen molar-refractivity contribution in [3.63, 3.8) is 0 Å². The molecule has 2 aromatic heterocycles. The summed E-state index contributed by atoms with van der Waals surface area (Å²) in [5.74, 6) is 3.22. The van der Waals surface area contributed by atoms with Gasteiger partial charge in [-0.05, 0) is 13.3 Å². The highest BCUT2D eigenvalue weighted by Crippen LogP contribution is 2.19. The minimum Gasteiger partial charge on any atom is -0.357 e. The summed E-state index contributed by atoms with van der Waals surface area (Å²) in [4.78, 5) is 16.0. The largest absolute Gasteiger partial charge is 0.357 e. The zero-order chi connectivity index (χ0) is 19.4. The Morgan fingerprint density at radius 1 is 1.41 bits per heavy atom. The molecule has 1 unspecified atom stereocenters. The lowest BCUT2D eigenvalue weighted by Gasteiger charge is -2.25. The summed E-state index contributed by atoms with van der Waals surface area (Å²) in [5, 5.41) is 14.6. The van der Waals surface area contributed by atoms with Crippen molar-refractivity contribution in [2.24, 2.45) is 4.99 Å². The van der Waals surface area contributed by atoms with Gasteiger partial charge in [-0.15, -0.1) is 11.3 Å². The summed E-state index contributed by atoms with van der Waals surface area (Å²) in [6.45, 7) is 8.56. The molecule has 27 heavy (non-hydrogen) atoms. The SMILES string of the molecule is CCNC(=NCc1csc(N(C)C)n1)NC1CCc2nc(C(C)C)nn2C1. The van der Waals surface area contributed by atoms with Crippen molar-refractivity contribution in [2.75, 3.05) is 25.5 Å². The van der Waals surface area contributed by atoms with Crippen LogP contribution in [0.1, 0.15) is 50.5 Å². The first kappa shape index (κ1) is 19.6. The van der Waals surface area contributed by atoms with Crippen LogP contribution >= 0.6 is 11.3 Å². The predicted molar refractivity (Wildman–Crippen MR) is 111 cm³/mol. The van der Waals surface area contributed by atoms with Crippen molar-refractivity contribution in [1.29, 1.82) is 0 Å². The van der Waals surface area contributed by atoms with Crippen molar-refractivity contribution in [3.05, 3.63) is 22.7 Å². The Bertz CT molecular complexity index is 776. The number of hydrogen-bond acceptors (Lipinski definition) is 6. The quantitative estimate of drug-likeness (QED) is 0.580. The van der Waals surface area contributed by atoms with Crippen LogP contribution in [0.25, 0.3) is 0 Å². The monoisotopic (exact) mass is 390 g/mol. The number of aryl methyl sites for hydroxylation is 1. The van der Waals surface area contributed by atoms with Crippen molar-refractivity contribution < 1.29 is 0 Å². The van der Waals surface area contributed by atoms with E-state index in [0.717, 1.165) is 54.4 Å². The van der Waals surface area contributed by atoms with Crippen LogP contribution in [0.5, 0.6) is 0 Å². The second kappa shape index (κ2) is 8.69. The molecule has 3 rings (SSSR count). The molecule has 2 N–H and O–H groups in total. The highest BCUT2D eigenvalue weighted by molar-refractivity contribution is 7.13. The zero-order valence-corrected chi connectivity index (χ0v) is 17.7. The molecule has 9 heteroatoms. The van der Waals surface area contributed by atoms with Gasteiger partial charge in [-0.25, -0.2) is 19.6 Å². The number of fused-ring (bicyclic) bond motifs is 1. The zero-order valence-electron chi connectivity index (χ0n) is 16.9. The summed E-state index contributed by atoms with van der Waals surface area (Å²) in [6, 6.07) is 0.296. The first-order chi connectivity index (χ1) is 13.0. The van der Waals surface area contributed by atoms with Crippen molar-refractivity contribution in [1.82, 2.24) is 30.4 Å². The first-order valence-electron chi connectivity index (χ1n) is 9.56. The lowest BCUT2D eigenvalue weighted by atomic mass is 10.1. The standard InChI is InChI=1S/C18H30N8S/c1-6-19-17(20-9-14-11-27-18(22-14)25(4)5)21-13-7-8-15-23-16(12(2)3)24-26(15)10-13/h11-13H,6-10H2,1-5H3,(H2,19,20,21). The number of anilines is 1. The number of aromatic nitrogens is 4. The fraction of sp³-hybridized carbons (Fsp3) is 0.667. The molecule has 3 heterocycles. The molecule has 0 saturated carbocycles. The molecule has 1 aliphatic heterocycles. The Balaban J connectivity index is 1.63. The van der Waals surface area contributed by atoms with Gasteiger partial charge < -0.3 is 15.5 Å². The predicted octanol–water partition coefficient (Wildman–Crippen LogP) is 1.99. The second-order valence-electron chi connectivity index (χ2n) is 7.31. The lowest BCUT2D eigenvalue weighted by Crippen LogP contribution is -2.47. The van der Waals surface area contributed by atoms with Gasteiger partial charge in [-0.1, -0.05) is 13.8 Å². The molecule has 0 amide bonds. The molecule has 8 nitrogen and oxygen atoms in total. The smallest absolute Gasteiger partial charge is 0.191 e. The highest BCUT2D eigenvalue weighted by atomic mass is 32.1. The van der Waals surface area contributed by atoms with Crippen LogP contribution in [0.15, 0.2) is 10.4 Å². The molecule has 148 valence electrons. The number of aliphatic imine (C=N–C) groups is 1. The molecule has 2 aromatic rings. The Kier molecular flexibility index (Phi) is 6.30. The number of thiazole rings is 1. The van der Waals surface area contributed by atoms with Crippen LogP contribution in [0.3, 0.4) is 0 Å². The summed E-state index contributed by atoms with van der Waals surface area (Å²) in [5.41, 5.74) is 0.990. The second-order valence-corrected chi connectivity index (χ2v) is 8.15. The molecule has 0 radical (unpaired) electrons. The molecule has 0 fully saturated rings. The molecular formula is C18H30N8S. The third-order valence-corrected chi connectivity index (χ3v) is 5.45. The minimum atomic E-state index is 0.296. The molecular weight excluding hydrogens is 360 g/mol. The van der Waals surface area contributed by atoms with Crippen LogP contribution in [0.2, 0.25) is 0 Å². The van der Waals surface area contributed by atoms with Gasteiger partial charge in [0.25, 0.3) is 0 Å². The van der Waals surface area contributed by atoms with Gasteiger partial charge >= 0.3 is 0 Å². The average molecular weight is 391 g/mol. The number of nitrogens with zero attached hydrogens (tertiary/aromatic N) is 6. The third-order valence-electron chi connectivity index (χ3n) is 4.40. The van der Waals surface area contributed by atoms with Gasteiger partial charge in [-0.3, -0.25) is 0 Å². The Labute approximate surface area is 165 Å². The maximum atomic E-state index is 4.71. The molecule has 0 bridgehead atoms. The summed E-state index contributed by atoms with van der Waals surface area (Å²) < 4.78 is 2.05. The molecule has 1 atom stereocenters. The maximum Gasteiger partial charge on any atom is 0.191 e. The third kappa shape index (κ3) is 4.97. The fourth-order valence-corrected chi connectivity index (χ4v) is 3.69. The van der Waals surface area contributed by atoms with Crippen LogP contribution in [0, 0.1) is 0 Å². The maximum absolute atomic E-state index is 4.71. The number of guanidine groups is 1. The van der Waals surface area contributed by atoms with E-state index in [0.29, 0.717) is 18.5 Å². The number of rotatable bonds is 6. The topological polar surface area (TPSA) is 83.3 Å². The lowest BCUT2D eigenvalue weighted by molar-refractivity contribution is 0.391. The molecule has 0 aromatic carbocycles. The molecule has 0 aliphatic carbocycles. The van der Waals surface area contributed by atoms with Crippen LogP contribution in [-0.2, 0) is 19.5 Å². The van der Waals surface area contributed by atoms with Crippen LogP contribution < -0.4 is 15.5 Å². The summed E-state index contributed by atoms with van der Waals surface area (Å²) >= 11 is 1.64. The highest BCUT2D eigenvalue weighted by Gasteiger charge is 2.23. The first-order valence-corrected chi connectivity index (χ1v) is 10.4. The Hall–Kier alpha value is -2.16. The van der Waals surface area contributed by atoms with Gasteiger partial charge in [0.05, 0.1) is 18.8 Å². The van der Waals surface area contributed by atoms with Gasteiger partial charge in [-0.2, -0.15) is 5.10 Å². The Morgan fingerprint density at radius 3 is 2.89 bits per heavy atom. The van der Waals surface area contributed by atoms with E-state index < -0.39 is 0 Å². The van der Waals surface area contributed by atoms with Crippen molar-refractivity contribution in [2.45, 2.75) is 58.7 Å². The number of nitrogens with one attached hydrogen (secondary N) is 2. The molecule has 0 saturated heterocycles. The van der Waals surface area contributed by atoms with E-state index in [1.807, 2.05) is 23.7 Å². The van der Waals surface area contributed by atoms with E-state index in [1.54, 1.807) is 11.3 Å². The van der Waals surface area contributed by atoms with Gasteiger partial charge in [0, 0.05) is 44.4 Å². The van der Waals surface area contributed by atoms with E-state index in [-0.39, 0.29) is 0 Å². The molecule has 0 spiro atoms. The normalized spacial score (nSPS) is 17.1. The Morgan fingerprint density at radius 2 is 2.22 bits per heavy atom. The summed E-state index contributed by atoms with van der Waals surface area (Å²) in [6.07, 6.45) is 1.97. The fourth-order valence-electron chi connectivity index (χ4n) is 2.94. The van der Waals surface area contributed by atoms with Crippen LogP contribution in [0.4, 0.5) is 5.13 Å². The average Bonchev–Trinajstić information content (AvgIpc) is 3.26. The van der Waals surface area contributed by atoms with Crippen molar-refractivity contribution >= 4 is 22.4 Å². The van der Waals surface area contributed by atoms with E-state index in [2.05, 4.69) is 51.9 Å². The minimum absolute atomic E-state index is 0.296. The van der Waals surface area contributed by atoms with E-state index >= 15 is 0 Å². The van der Waals surface area contributed by atoms with Gasteiger partial charge in [0.2, 0.25) is 0 Å². The molecule has 1 aliphatic rings. The van der Waals surface area contributed by atoms with E-state index in [4.69, 9.17) is 4.99 Å². The summed E-state index contributed by atoms with van der Waals surface area (Å²) in [7, 11) is 4.01. The van der Waals surface area contributed by atoms with Crippen molar-refractivity contribution in [3.8, 4) is 0 Å². The van der Waals surface area contributed by atoms with E-state index in [1.165, 1.54) is 0 Å². The van der Waals surface area contributed by atoms with Gasteiger partial charge in [0.1, 0.15) is 5.82 Å². The number of hydrogen-bond donors (Lipinski definition) is 2.